The zero-order chi connectivity index (χ0) is 19.8. The number of aromatic nitrogens is 4. The lowest BCUT2D eigenvalue weighted by Gasteiger charge is -2.27. The molecule has 0 saturated carbocycles. The number of rotatable bonds is 4. The van der Waals surface area contributed by atoms with Gasteiger partial charge in [0.05, 0.1) is 28.0 Å². The highest BCUT2D eigenvalue weighted by Gasteiger charge is 2.23. The van der Waals surface area contributed by atoms with E-state index < -0.39 is 0 Å². The minimum atomic E-state index is -0.268. The molecule has 0 amide bonds. The fraction of sp³-hybridized carbons (Fsp3) is 0.190. The molecule has 1 aromatic carbocycles. The third kappa shape index (κ3) is 3.52. The number of nitrogens with one attached hydrogen (secondary N) is 2. The van der Waals surface area contributed by atoms with Crippen LogP contribution in [0.4, 0.5) is 4.39 Å². The molecule has 0 spiro atoms. The van der Waals surface area contributed by atoms with E-state index in [-0.39, 0.29) is 11.4 Å². The van der Waals surface area contributed by atoms with Gasteiger partial charge in [0.15, 0.2) is 5.82 Å². The molecule has 6 nitrogen and oxygen atoms in total. The second kappa shape index (κ2) is 7.38. The molecule has 0 fully saturated rings. The van der Waals surface area contributed by atoms with E-state index in [4.69, 9.17) is 4.98 Å². The zero-order valence-corrected chi connectivity index (χ0v) is 16.3. The lowest BCUT2D eigenvalue weighted by atomic mass is 10.0. The first kappa shape index (κ1) is 18.0. The molecule has 0 bridgehead atoms. The van der Waals surface area contributed by atoms with Crippen molar-refractivity contribution in [1.82, 2.24) is 25.1 Å². The van der Waals surface area contributed by atoms with E-state index in [1.807, 2.05) is 17.5 Å². The lowest BCUT2D eigenvalue weighted by Crippen LogP contribution is -2.35. The van der Waals surface area contributed by atoms with Crippen molar-refractivity contribution in [2.45, 2.75) is 19.5 Å². The van der Waals surface area contributed by atoms with Crippen LogP contribution >= 0.6 is 11.3 Å². The number of nitrogens with zero attached hydrogens (tertiary/aromatic N) is 3. The molecule has 0 saturated heterocycles. The molecule has 8 heteroatoms. The maximum absolute atomic E-state index is 13.2. The molecular weight excluding hydrogens is 389 g/mol. The summed E-state index contributed by atoms with van der Waals surface area (Å²) in [6, 6.07) is 10.3. The van der Waals surface area contributed by atoms with Crippen LogP contribution in [0.1, 0.15) is 16.8 Å². The maximum atomic E-state index is 13.2. The zero-order valence-electron chi connectivity index (χ0n) is 15.5. The monoisotopic (exact) mass is 407 g/mol. The summed E-state index contributed by atoms with van der Waals surface area (Å²) in [5.74, 6) is 0.377. The Balaban J connectivity index is 1.38. The summed E-state index contributed by atoms with van der Waals surface area (Å²) in [6.07, 6.45) is 2.51. The van der Waals surface area contributed by atoms with Crippen molar-refractivity contribution < 1.29 is 4.39 Å². The summed E-state index contributed by atoms with van der Waals surface area (Å²) >= 11 is 1.56. The third-order valence-corrected chi connectivity index (χ3v) is 6.02. The summed E-state index contributed by atoms with van der Waals surface area (Å²) in [5, 5.41) is 9.14. The van der Waals surface area contributed by atoms with Gasteiger partial charge in [-0.05, 0) is 35.7 Å². The Kier molecular flexibility index (Phi) is 4.57. The Labute approximate surface area is 170 Å². The van der Waals surface area contributed by atoms with E-state index in [9.17, 15) is 9.18 Å². The van der Waals surface area contributed by atoms with E-state index >= 15 is 0 Å². The number of hydrogen-bond donors (Lipinski definition) is 2. The average Bonchev–Trinajstić information content (AvgIpc) is 3.41. The highest BCUT2D eigenvalue weighted by molar-refractivity contribution is 7.13. The van der Waals surface area contributed by atoms with E-state index in [1.165, 1.54) is 12.1 Å². The standard InChI is InChI=1S/C21H18FN5OS/c22-15-5-3-13(4-6-15)19-14(10-23-26-19)11-27-8-7-17-16(12-27)21(28)25-20(24-17)18-2-1-9-29-18/h1-6,9-10H,7-8,11-12H2,(H,23,26)(H,24,25,28). The normalized spacial score (nSPS) is 14.1. The molecule has 5 rings (SSSR count). The van der Waals surface area contributed by atoms with E-state index in [2.05, 4.69) is 20.1 Å². The predicted octanol–water partition coefficient (Wildman–Crippen LogP) is 3.59. The molecule has 29 heavy (non-hydrogen) atoms. The molecule has 0 unspecified atom stereocenters. The maximum Gasteiger partial charge on any atom is 0.255 e. The summed E-state index contributed by atoms with van der Waals surface area (Å²) < 4.78 is 13.2. The topological polar surface area (TPSA) is 77.7 Å². The van der Waals surface area contributed by atoms with Crippen LogP contribution in [-0.4, -0.2) is 31.6 Å². The largest absolute Gasteiger partial charge is 0.306 e. The van der Waals surface area contributed by atoms with Crippen molar-refractivity contribution in [3.8, 4) is 22.0 Å². The highest BCUT2D eigenvalue weighted by Crippen LogP contribution is 2.26. The molecular formula is C21H18FN5OS. The molecule has 4 aromatic rings. The van der Waals surface area contributed by atoms with Crippen molar-refractivity contribution in [3.63, 3.8) is 0 Å². The van der Waals surface area contributed by atoms with Gasteiger partial charge in [0.25, 0.3) is 5.56 Å². The van der Waals surface area contributed by atoms with Crippen molar-refractivity contribution >= 4 is 11.3 Å². The molecule has 2 N–H and O–H groups in total. The van der Waals surface area contributed by atoms with Crippen LogP contribution in [-0.2, 0) is 19.5 Å². The molecule has 1 aliphatic rings. The molecule has 0 aliphatic carbocycles. The van der Waals surface area contributed by atoms with Gasteiger partial charge in [-0.25, -0.2) is 9.37 Å². The first-order valence-electron chi connectivity index (χ1n) is 9.34. The first-order valence-corrected chi connectivity index (χ1v) is 10.2. The predicted molar refractivity (Wildman–Crippen MR) is 110 cm³/mol. The van der Waals surface area contributed by atoms with Gasteiger partial charge in [0, 0.05) is 37.2 Å². The Morgan fingerprint density at radius 3 is 2.86 bits per heavy atom. The Morgan fingerprint density at radius 2 is 2.07 bits per heavy atom. The quantitative estimate of drug-likeness (QED) is 0.542. The van der Waals surface area contributed by atoms with Crippen molar-refractivity contribution in [3.05, 3.63) is 81.0 Å². The van der Waals surface area contributed by atoms with Crippen LogP contribution in [0.25, 0.3) is 22.0 Å². The van der Waals surface area contributed by atoms with Gasteiger partial charge in [0.1, 0.15) is 5.82 Å². The lowest BCUT2D eigenvalue weighted by molar-refractivity contribution is 0.242. The van der Waals surface area contributed by atoms with Gasteiger partial charge in [-0.1, -0.05) is 6.07 Å². The highest BCUT2D eigenvalue weighted by atomic mass is 32.1. The molecule has 146 valence electrons. The Bertz CT molecular complexity index is 1200. The molecule has 4 heterocycles. The Morgan fingerprint density at radius 1 is 1.21 bits per heavy atom. The fourth-order valence-corrected chi connectivity index (χ4v) is 4.35. The summed E-state index contributed by atoms with van der Waals surface area (Å²) in [6.45, 7) is 1.99. The number of hydrogen-bond acceptors (Lipinski definition) is 5. The van der Waals surface area contributed by atoms with Crippen LogP contribution < -0.4 is 5.56 Å². The van der Waals surface area contributed by atoms with Gasteiger partial charge in [-0.2, -0.15) is 5.10 Å². The van der Waals surface area contributed by atoms with Crippen LogP contribution in [0.15, 0.2) is 52.8 Å². The second-order valence-electron chi connectivity index (χ2n) is 7.05. The average molecular weight is 407 g/mol. The first-order chi connectivity index (χ1) is 14.2. The minimum Gasteiger partial charge on any atom is -0.306 e. The van der Waals surface area contributed by atoms with Crippen LogP contribution in [0.3, 0.4) is 0 Å². The SMILES string of the molecule is O=c1[nH]c(-c2cccs2)nc2c1CN(Cc1cn[nH]c1-c1ccc(F)cc1)CC2. The number of halogens is 1. The van der Waals surface area contributed by atoms with Gasteiger partial charge >= 0.3 is 0 Å². The van der Waals surface area contributed by atoms with Crippen LogP contribution in [0, 0.1) is 5.82 Å². The summed E-state index contributed by atoms with van der Waals surface area (Å²) in [5.41, 5.74) is 4.30. The van der Waals surface area contributed by atoms with Gasteiger partial charge < -0.3 is 4.98 Å². The smallest absolute Gasteiger partial charge is 0.255 e. The van der Waals surface area contributed by atoms with Crippen LogP contribution in [0.5, 0.6) is 0 Å². The third-order valence-electron chi connectivity index (χ3n) is 5.15. The van der Waals surface area contributed by atoms with Crippen LogP contribution in [0.2, 0.25) is 0 Å². The van der Waals surface area contributed by atoms with Crippen molar-refractivity contribution in [2.75, 3.05) is 6.54 Å². The van der Waals surface area contributed by atoms with E-state index in [0.717, 1.165) is 45.9 Å². The fourth-order valence-electron chi connectivity index (χ4n) is 3.68. The summed E-state index contributed by atoms with van der Waals surface area (Å²) in [7, 11) is 0. The number of aromatic amines is 2. The van der Waals surface area contributed by atoms with Crippen molar-refractivity contribution in [2.24, 2.45) is 0 Å². The van der Waals surface area contributed by atoms with Crippen molar-refractivity contribution in [1.29, 1.82) is 0 Å². The Hall–Kier alpha value is -3.10. The number of fused-ring (bicyclic) bond motifs is 1. The minimum absolute atomic E-state index is 0.0750. The van der Waals surface area contributed by atoms with Gasteiger partial charge in [-0.3, -0.25) is 14.8 Å². The second-order valence-corrected chi connectivity index (χ2v) is 8.00. The molecule has 0 radical (unpaired) electrons. The molecule has 0 atom stereocenters. The van der Waals surface area contributed by atoms with Gasteiger partial charge in [0.2, 0.25) is 0 Å². The number of thiophene rings is 1. The van der Waals surface area contributed by atoms with Gasteiger partial charge in [-0.15, -0.1) is 11.3 Å². The van der Waals surface area contributed by atoms with E-state index in [1.54, 1.807) is 29.7 Å². The van der Waals surface area contributed by atoms with E-state index in [0.29, 0.717) is 18.9 Å². The molecule has 3 aromatic heterocycles. The number of benzene rings is 1. The molecule has 1 aliphatic heterocycles. The number of H-pyrrole nitrogens is 2. The summed E-state index contributed by atoms with van der Waals surface area (Å²) in [4.78, 5) is 23.5.